The van der Waals surface area contributed by atoms with Crippen molar-refractivity contribution in [1.82, 2.24) is 10.6 Å². The van der Waals surface area contributed by atoms with Crippen LogP contribution < -0.4 is 20.3 Å². The summed E-state index contributed by atoms with van der Waals surface area (Å²) in [5.74, 6) is -1.37. The highest BCUT2D eigenvalue weighted by Gasteiger charge is 2.21. The lowest BCUT2D eigenvalue weighted by Crippen LogP contribution is -2.40. The third kappa shape index (κ3) is 6.13. The van der Waals surface area contributed by atoms with Crippen molar-refractivity contribution in [2.24, 2.45) is 0 Å². The summed E-state index contributed by atoms with van der Waals surface area (Å²) in [4.78, 5) is 38.1. The number of benzene rings is 2. The molecule has 3 amide bonds. The lowest BCUT2D eigenvalue weighted by atomic mass is 10.1. The first-order valence-electron chi connectivity index (χ1n) is 8.92. The molecule has 9 heteroatoms. The number of likely N-dealkylation sites (N-methyl/N-ethyl adjacent to an activating group) is 1. The van der Waals surface area contributed by atoms with Crippen LogP contribution in [0.25, 0.3) is 6.08 Å². The van der Waals surface area contributed by atoms with Crippen LogP contribution in [0.4, 0.5) is 14.5 Å². The first-order chi connectivity index (χ1) is 14.3. The first-order valence-corrected chi connectivity index (χ1v) is 8.92. The van der Waals surface area contributed by atoms with E-state index >= 15 is 0 Å². The number of amides is 3. The van der Waals surface area contributed by atoms with Gasteiger partial charge in [-0.1, -0.05) is 24.3 Å². The standard InChI is InChI=1S/C21H21F2N3O4/c1-24-18(27)13-26(17-6-4-3-5-16(17)20(29)25-2)19(28)12-9-14-7-10-15(11-8-14)30-21(22)23/h3-12,21H,13H2,1-2H3,(H,24,27)(H,25,29)/b12-9+. The van der Waals surface area contributed by atoms with Gasteiger partial charge in [0.05, 0.1) is 11.3 Å². The summed E-state index contributed by atoms with van der Waals surface area (Å²) in [6.45, 7) is -3.22. The van der Waals surface area contributed by atoms with Crippen molar-refractivity contribution >= 4 is 29.5 Å². The molecule has 0 atom stereocenters. The summed E-state index contributed by atoms with van der Waals surface area (Å²) in [6.07, 6.45) is 2.69. The molecule has 0 unspecified atom stereocenters. The van der Waals surface area contributed by atoms with Crippen LogP contribution in [0.3, 0.4) is 0 Å². The number of ether oxygens (including phenoxy) is 1. The van der Waals surface area contributed by atoms with Crippen LogP contribution in [0.5, 0.6) is 5.75 Å². The largest absolute Gasteiger partial charge is 0.435 e. The molecule has 0 bridgehead atoms. The fourth-order valence-corrected chi connectivity index (χ4v) is 2.56. The van der Waals surface area contributed by atoms with E-state index in [0.29, 0.717) is 5.56 Å². The summed E-state index contributed by atoms with van der Waals surface area (Å²) in [6, 6.07) is 12.1. The van der Waals surface area contributed by atoms with Gasteiger partial charge in [-0.3, -0.25) is 19.3 Å². The maximum atomic E-state index is 12.8. The molecule has 0 fully saturated rings. The molecule has 30 heavy (non-hydrogen) atoms. The normalized spacial score (nSPS) is 10.7. The predicted octanol–water partition coefficient (Wildman–Crippen LogP) is 2.44. The Morgan fingerprint density at radius 3 is 2.30 bits per heavy atom. The van der Waals surface area contributed by atoms with Gasteiger partial charge in [-0.25, -0.2) is 0 Å². The third-order valence-electron chi connectivity index (χ3n) is 4.04. The minimum Gasteiger partial charge on any atom is -0.435 e. The van der Waals surface area contributed by atoms with Crippen LogP contribution in [-0.4, -0.2) is 45.0 Å². The molecule has 2 rings (SSSR count). The van der Waals surface area contributed by atoms with E-state index in [2.05, 4.69) is 15.4 Å². The number of rotatable bonds is 8. The molecule has 0 saturated carbocycles. The Kier molecular flexibility index (Phi) is 8.04. The van der Waals surface area contributed by atoms with Gasteiger partial charge in [0.15, 0.2) is 0 Å². The number of halogens is 2. The van der Waals surface area contributed by atoms with Crippen molar-refractivity contribution in [1.29, 1.82) is 0 Å². The summed E-state index contributed by atoms with van der Waals surface area (Å²) in [5.41, 5.74) is 1.07. The van der Waals surface area contributed by atoms with E-state index in [1.54, 1.807) is 24.3 Å². The number of para-hydroxylation sites is 1. The fourth-order valence-electron chi connectivity index (χ4n) is 2.56. The van der Waals surface area contributed by atoms with Gasteiger partial charge in [0.2, 0.25) is 5.91 Å². The van der Waals surface area contributed by atoms with E-state index in [1.165, 1.54) is 55.4 Å². The number of anilines is 1. The average Bonchev–Trinajstić information content (AvgIpc) is 2.75. The molecule has 2 aromatic rings. The number of alkyl halides is 2. The van der Waals surface area contributed by atoms with Crippen LogP contribution in [0.15, 0.2) is 54.6 Å². The van der Waals surface area contributed by atoms with Gasteiger partial charge in [0.1, 0.15) is 12.3 Å². The van der Waals surface area contributed by atoms with Crippen LogP contribution in [-0.2, 0) is 9.59 Å². The molecule has 2 aromatic carbocycles. The third-order valence-corrected chi connectivity index (χ3v) is 4.04. The Balaban J connectivity index is 2.29. The summed E-state index contributed by atoms with van der Waals surface area (Å²) in [7, 11) is 2.90. The molecule has 2 N–H and O–H groups in total. The van der Waals surface area contributed by atoms with Gasteiger partial charge >= 0.3 is 6.61 Å². The Bertz CT molecular complexity index is 930. The maximum Gasteiger partial charge on any atom is 0.387 e. The Morgan fingerprint density at radius 1 is 1.03 bits per heavy atom. The van der Waals surface area contributed by atoms with E-state index in [9.17, 15) is 23.2 Å². The number of hydrogen-bond acceptors (Lipinski definition) is 4. The number of hydrogen-bond donors (Lipinski definition) is 2. The van der Waals surface area contributed by atoms with Crippen molar-refractivity contribution in [2.75, 3.05) is 25.5 Å². The predicted molar refractivity (Wildman–Crippen MR) is 108 cm³/mol. The highest BCUT2D eigenvalue weighted by molar-refractivity contribution is 6.11. The smallest absolute Gasteiger partial charge is 0.387 e. The second-order valence-corrected chi connectivity index (χ2v) is 5.97. The van der Waals surface area contributed by atoms with Crippen molar-refractivity contribution in [3.05, 3.63) is 65.7 Å². The Labute approximate surface area is 172 Å². The SMILES string of the molecule is CNC(=O)CN(C(=O)/C=C/c1ccc(OC(F)F)cc1)c1ccccc1C(=O)NC. The minimum absolute atomic E-state index is 0.00535. The molecule has 7 nitrogen and oxygen atoms in total. The van der Waals surface area contributed by atoms with Crippen LogP contribution in [0, 0.1) is 0 Å². The Hall–Kier alpha value is -3.75. The molecular weight excluding hydrogens is 396 g/mol. The summed E-state index contributed by atoms with van der Waals surface area (Å²) >= 11 is 0. The highest BCUT2D eigenvalue weighted by Crippen LogP contribution is 2.21. The highest BCUT2D eigenvalue weighted by atomic mass is 19.3. The van der Waals surface area contributed by atoms with Gasteiger partial charge in [-0.05, 0) is 35.9 Å². The fraction of sp³-hybridized carbons (Fsp3) is 0.190. The van der Waals surface area contributed by atoms with Gasteiger partial charge in [0.25, 0.3) is 11.8 Å². The molecular formula is C21H21F2N3O4. The molecule has 158 valence electrons. The lowest BCUT2D eigenvalue weighted by Gasteiger charge is -2.23. The van der Waals surface area contributed by atoms with Gasteiger partial charge in [-0.15, -0.1) is 0 Å². The number of carbonyl (C=O) groups excluding carboxylic acids is 3. The van der Waals surface area contributed by atoms with Crippen molar-refractivity contribution in [2.45, 2.75) is 6.61 Å². The molecule has 0 radical (unpaired) electrons. The van der Waals surface area contributed by atoms with Crippen LogP contribution in [0.2, 0.25) is 0 Å². The van der Waals surface area contributed by atoms with Gasteiger partial charge in [0, 0.05) is 20.2 Å². The van der Waals surface area contributed by atoms with Crippen LogP contribution in [0.1, 0.15) is 15.9 Å². The Morgan fingerprint density at radius 2 is 1.70 bits per heavy atom. The number of nitrogens with zero attached hydrogens (tertiary/aromatic N) is 1. The van der Waals surface area contributed by atoms with Gasteiger partial charge in [-0.2, -0.15) is 8.78 Å². The van der Waals surface area contributed by atoms with E-state index < -0.39 is 24.3 Å². The zero-order chi connectivity index (χ0) is 22.1. The molecule has 0 heterocycles. The second kappa shape index (κ2) is 10.7. The maximum absolute atomic E-state index is 12.8. The topological polar surface area (TPSA) is 87.7 Å². The summed E-state index contributed by atoms with van der Waals surface area (Å²) in [5, 5.41) is 4.94. The van der Waals surface area contributed by atoms with E-state index in [4.69, 9.17) is 0 Å². The zero-order valence-corrected chi connectivity index (χ0v) is 16.4. The van der Waals surface area contributed by atoms with E-state index in [1.807, 2.05) is 0 Å². The van der Waals surface area contributed by atoms with Crippen molar-refractivity contribution in [3.8, 4) is 5.75 Å². The van der Waals surface area contributed by atoms with Crippen molar-refractivity contribution < 1.29 is 27.9 Å². The first kappa shape index (κ1) is 22.5. The van der Waals surface area contributed by atoms with Gasteiger partial charge < -0.3 is 15.4 Å². The van der Waals surface area contributed by atoms with Crippen LogP contribution >= 0.6 is 0 Å². The number of nitrogens with one attached hydrogen (secondary N) is 2. The minimum atomic E-state index is -2.92. The lowest BCUT2D eigenvalue weighted by molar-refractivity contribution is -0.121. The summed E-state index contributed by atoms with van der Waals surface area (Å²) < 4.78 is 28.7. The molecule has 0 aliphatic heterocycles. The quantitative estimate of drug-likeness (QED) is 0.646. The zero-order valence-electron chi connectivity index (χ0n) is 16.4. The molecule has 0 spiro atoms. The van der Waals surface area contributed by atoms with Crippen molar-refractivity contribution in [3.63, 3.8) is 0 Å². The molecule has 0 aliphatic rings. The molecule has 0 aromatic heterocycles. The number of carbonyl (C=O) groups is 3. The monoisotopic (exact) mass is 417 g/mol. The molecule has 0 saturated heterocycles. The van der Waals surface area contributed by atoms with E-state index in [0.717, 1.165) is 0 Å². The van der Waals surface area contributed by atoms with E-state index in [-0.39, 0.29) is 23.5 Å². The molecule has 0 aliphatic carbocycles. The average molecular weight is 417 g/mol. The second-order valence-electron chi connectivity index (χ2n) is 5.97.